The second-order valence-corrected chi connectivity index (χ2v) is 8.10. The van der Waals surface area contributed by atoms with Gasteiger partial charge < -0.3 is 19.7 Å². The molecule has 0 bridgehead atoms. The lowest BCUT2D eigenvalue weighted by molar-refractivity contribution is -0.143. The fourth-order valence-electron chi connectivity index (χ4n) is 3.49. The highest BCUT2D eigenvalue weighted by Crippen LogP contribution is 2.26. The summed E-state index contributed by atoms with van der Waals surface area (Å²) in [5, 5.41) is 3.35. The van der Waals surface area contributed by atoms with Gasteiger partial charge in [0, 0.05) is 13.1 Å². The number of rotatable bonds is 11. The summed E-state index contributed by atoms with van der Waals surface area (Å²) in [4.78, 5) is 28.3. The van der Waals surface area contributed by atoms with Gasteiger partial charge in [-0.15, -0.1) is 0 Å². The van der Waals surface area contributed by atoms with Crippen molar-refractivity contribution in [2.45, 2.75) is 25.9 Å². The molecule has 3 rings (SSSR count). The Morgan fingerprint density at radius 3 is 2.29 bits per heavy atom. The van der Waals surface area contributed by atoms with Crippen LogP contribution in [0.4, 0.5) is 0 Å². The number of carbonyl (C=O) groups excluding carboxylic acids is 2. The van der Waals surface area contributed by atoms with Crippen molar-refractivity contribution in [2.75, 3.05) is 20.3 Å². The Kier molecular flexibility index (Phi) is 9.35. The highest BCUT2D eigenvalue weighted by molar-refractivity contribution is 6.32. The van der Waals surface area contributed by atoms with Crippen molar-refractivity contribution in [1.29, 1.82) is 0 Å². The summed E-state index contributed by atoms with van der Waals surface area (Å²) in [7, 11) is 1.60. The first kappa shape index (κ1) is 25.1. The summed E-state index contributed by atoms with van der Waals surface area (Å²) < 4.78 is 11.0. The third-order valence-electron chi connectivity index (χ3n) is 5.24. The van der Waals surface area contributed by atoms with Gasteiger partial charge in [-0.05, 0) is 41.8 Å². The Balaban J connectivity index is 1.93. The van der Waals surface area contributed by atoms with E-state index >= 15 is 0 Å². The predicted molar refractivity (Wildman–Crippen MR) is 133 cm³/mol. The van der Waals surface area contributed by atoms with Crippen LogP contribution in [0, 0.1) is 0 Å². The average Bonchev–Trinajstić information content (AvgIpc) is 2.87. The molecule has 0 aliphatic carbocycles. The van der Waals surface area contributed by atoms with Crippen LogP contribution >= 0.6 is 11.6 Å². The first-order valence-electron chi connectivity index (χ1n) is 11.2. The zero-order valence-electron chi connectivity index (χ0n) is 19.4. The zero-order valence-corrected chi connectivity index (χ0v) is 20.1. The molecule has 34 heavy (non-hydrogen) atoms. The zero-order chi connectivity index (χ0) is 24.3. The molecule has 3 aromatic rings. The Bertz CT molecular complexity index is 1070. The normalized spacial score (nSPS) is 11.4. The minimum absolute atomic E-state index is 0.216. The third-order valence-corrected chi connectivity index (χ3v) is 5.56. The summed E-state index contributed by atoms with van der Waals surface area (Å²) in [6.07, 6.45) is 0.787. The minimum Gasteiger partial charge on any atom is -0.497 e. The van der Waals surface area contributed by atoms with Crippen molar-refractivity contribution in [3.63, 3.8) is 0 Å². The fraction of sp³-hybridized carbons (Fsp3) is 0.259. The SMILES string of the molecule is CCCNC(=O)C(c1ccccc1)N(Cc1ccc(OC)cc1)C(=O)COc1ccccc1Cl. The number of nitrogens with one attached hydrogen (secondary N) is 1. The van der Waals surface area contributed by atoms with E-state index in [0.717, 1.165) is 17.5 Å². The van der Waals surface area contributed by atoms with Gasteiger partial charge in [-0.3, -0.25) is 9.59 Å². The second-order valence-electron chi connectivity index (χ2n) is 7.69. The van der Waals surface area contributed by atoms with Crippen LogP contribution in [-0.2, 0) is 16.1 Å². The molecule has 1 N–H and O–H groups in total. The van der Waals surface area contributed by atoms with Gasteiger partial charge in [0.25, 0.3) is 5.91 Å². The predicted octanol–water partition coefficient (Wildman–Crippen LogP) is 5.02. The molecule has 1 atom stereocenters. The number of amides is 2. The van der Waals surface area contributed by atoms with Crippen molar-refractivity contribution in [2.24, 2.45) is 0 Å². The molecule has 0 radical (unpaired) electrons. The first-order valence-corrected chi connectivity index (χ1v) is 11.5. The number of methoxy groups -OCH3 is 1. The molecule has 178 valence electrons. The Hall–Kier alpha value is -3.51. The van der Waals surface area contributed by atoms with Crippen molar-refractivity contribution in [3.8, 4) is 11.5 Å². The summed E-state index contributed by atoms with van der Waals surface area (Å²) in [5.41, 5.74) is 1.58. The van der Waals surface area contributed by atoms with Gasteiger partial charge in [-0.1, -0.05) is 73.1 Å². The molecule has 1 unspecified atom stereocenters. The number of nitrogens with zero attached hydrogens (tertiary/aromatic N) is 1. The summed E-state index contributed by atoms with van der Waals surface area (Å²) in [5.74, 6) is 0.543. The van der Waals surface area contributed by atoms with Crippen LogP contribution in [0.2, 0.25) is 5.02 Å². The molecule has 0 aliphatic rings. The van der Waals surface area contributed by atoms with E-state index in [2.05, 4.69) is 5.32 Å². The molecule has 0 saturated carbocycles. The Labute approximate surface area is 205 Å². The quantitative estimate of drug-likeness (QED) is 0.418. The minimum atomic E-state index is -0.822. The van der Waals surface area contributed by atoms with Gasteiger partial charge in [0.2, 0.25) is 5.91 Å². The molecule has 0 fully saturated rings. The second kappa shape index (κ2) is 12.7. The topological polar surface area (TPSA) is 67.9 Å². The molecule has 0 spiro atoms. The van der Waals surface area contributed by atoms with Gasteiger partial charge in [0.15, 0.2) is 6.61 Å². The summed E-state index contributed by atoms with van der Waals surface area (Å²) in [6.45, 7) is 2.45. The van der Waals surface area contributed by atoms with Crippen LogP contribution in [-0.4, -0.2) is 37.0 Å². The lowest BCUT2D eigenvalue weighted by Crippen LogP contribution is -2.45. The van der Waals surface area contributed by atoms with Crippen LogP contribution in [0.15, 0.2) is 78.9 Å². The molecule has 3 aromatic carbocycles. The van der Waals surface area contributed by atoms with E-state index in [4.69, 9.17) is 21.1 Å². The van der Waals surface area contributed by atoms with E-state index < -0.39 is 6.04 Å². The molecule has 0 aliphatic heterocycles. The van der Waals surface area contributed by atoms with Crippen LogP contribution in [0.25, 0.3) is 0 Å². The monoisotopic (exact) mass is 480 g/mol. The molecular weight excluding hydrogens is 452 g/mol. The van der Waals surface area contributed by atoms with Crippen LogP contribution in [0.1, 0.15) is 30.5 Å². The van der Waals surface area contributed by atoms with Gasteiger partial charge in [0.1, 0.15) is 17.5 Å². The van der Waals surface area contributed by atoms with E-state index in [1.165, 1.54) is 0 Å². The van der Waals surface area contributed by atoms with Crippen LogP contribution in [0.3, 0.4) is 0 Å². The van der Waals surface area contributed by atoms with Gasteiger partial charge in [-0.2, -0.15) is 0 Å². The summed E-state index contributed by atoms with van der Waals surface area (Å²) in [6, 6.07) is 22.8. The summed E-state index contributed by atoms with van der Waals surface area (Å²) >= 11 is 6.19. The van der Waals surface area contributed by atoms with E-state index in [1.807, 2.05) is 61.5 Å². The van der Waals surface area contributed by atoms with Crippen LogP contribution in [0.5, 0.6) is 11.5 Å². The molecule has 0 heterocycles. The first-order chi connectivity index (χ1) is 16.5. The highest BCUT2D eigenvalue weighted by Gasteiger charge is 2.31. The lowest BCUT2D eigenvalue weighted by Gasteiger charge is -2.31. The van der Waals surface area contributed by atoms with E-state index in [0.29, 0.717) is 23.1 Å². The van der Waals surface area contributed by atoms with Crippen molar-refractivity contribution >= 4 is 23.4 Å². The maximum atomic E-state index is 13.5. The smallest absolute Gasteiger partial charge is 0.261 e. The number of carbonyl (C=O) groups is 2. The molecular formula is C27H29ClN2O4. The molecule has 7 heteroatoms. The van der Waals surface area contributed by atoms with Crippen molar-refractivity contribution in [1.82, 2.24) is 10.2 Å². The lowest BCUT2D eigenvalue weighted by atomic mass is 10.0. The van der Waals surface area contributed by atoms with Crippen molar-refractivity contribution in [3.05, 3.63) is 95.0 Å². The number of para-hydroxylation sites is 1. The van der Waals surface area contributed by atoms with Gasteiger partial charge in [0.05, 0.1) is 12.1 Å². The standard InChI is InChI=1S/C27H29ClN2O4/c1-3-17-29-27(32)26(21-9-5-4-6-10-21)30(18-20-13-15-22(33-2)16-14-20)25(31)19-34-24-12-8-7-11-23(24)28/h4-16,26H,3,17-19H2,1-2H3,(H,29,32). The number of benzene rings is 3. The number of ether oxygens (including phenoxy) is 2. The third kappa shape index (κ3) is 6.75. The number of hydrogen-bond donors (Lipinski definition) is 1. The maximum Gasteiger partial charge on any atom is 0.261 e. The fourth-order valence-corrected chi connectivity index (χ4v) is 3.68. The average molecular weight is 481 g/mol. The van der Waals surface area contributed by atoms with Crippen molar-refractivity contribution < 1.29 is 19.1 Å². The molecule has 0 aromatic heterocycles. The molecule has 2 amide bonds. The molecule has 0 saturated heterocycles. The molecule has 6 nitrogen and oxygen atoms in total. The van der Waals surface area contributed by atoms with E-state index in [-0.39, 0.29) is 25.0 Å². The number of hydrogen-bond acceptors (Lipinski definition) is 4. The largest absolute Gasteiger partial charge is 0.497 e. The Morgan fingerprint density at radius 1 is 0.971 bits per heavy atom. The van der Waals surface area contributed by atoms with Gasteiger partial charge in [-0.25, -0.2) is 0 Å². The number of halogens is 1. The van der Waals surface area contributed by atoms with E-state index in [9.17, 15) is 9.59 Å². The Morgan fingerprint density at radius 2 is 1.65 bits per heavy atom. The van der Waals surface area contributed by atoms with Crippen LogP contribution < -0.4 is 14.8 Å². The highest BCUT2D eigenvalue weighted by atomic mass is 35.5. The van der Waals surface area contributed by atoms with Gasteiger partial charge >= 0.3 is 0 Å². The maximum absolute atomic E-state index is 13.5. The van der Waals surface area contributed by atoms with E-state index in [1.54, 1.807) is 36.3 Å².